The van der Waals surface area contributed by atoms with Crippen LogP contribution >= 0.6 is 15.9 Å². The van der Waals surface area contributed by atoms with E-state index in [2.05, 4.69) is 51.8 Å². The quantitative estimate of drug-likeness (QED) is 0.929. The molecule has 17 heavy (non-hydrogen) atoms. The highest BCUT2D eigenvalue weighted by atomic mass is 79.9. The molecular weight excluding hydrogens is 278 g/mol. The minimum Gasteiger partial charge on any atom is -0.314 e. The van der Waals surface area contributed by atoms with Crippen molar-refractivity contribution in [1.82, 2.24) is 15.1 Å². The third-order valence-corrected chi connectivity index (χ3v) is 4.24. The number of hydrogen-bond acceptors (Lipinski definition) is 2. The van der Waals surface area contributed by atoms with Gasteiger partial charge in [0.1, 0.15) is 0 Å². The van der Waals surface area contributed by atoms with Crippen LogP contribution in [-0.2, 0) is 6.42 Å². The van der Waals surface area contributed by atoms with Crippen molar-refractivity contribution in [2.24, 2.45) is 5.92 Å². The van der Waals surface area contributed by atoms with E-state index in [1.54, 1.807) is 0 Å². The summed E-state index contributed by atoms with van der Waals surface area (Å²) in [4.78, 5) is 0. The van der Waals surface area contributed by atoms with Crippen molar-refractivity contribution in [3.8, 4) is 0 Å². The summed E-state index contributed by atoms with van der Waals surface area (Å²) in [6.45, 7) is 7.77. The van der Waals surface area contributed by atoms with Crippen LogP contribution in [0.25, 0.3) is 0 Å². The van der Waals surface area contributed by atoms with E-state index in [-0.39, 0.29) is 0 Å². The van der Waals surface area contributed by atoms with E-state index < -0.39 is 0 Å². The SMILES string of the molecule is CC1CCC(Cc2c(Br)cnn2C(C)C)CN1. The Hall–Kier alpha value is -0.350. The third-order valence-electron chi connectivity index (χ3n) is 3.58. The molecule has 0 aliphatic carbocycles. The van der Waals surface area contributed by atoms with Gasteiger partial charge in [0.2, 0.25) is 0 Å². The Morgan fingerprint density at radius 2 is 2.29 bits per heavy atom. The second-order valence-corrected chi connectivity index (χ2v) is 6.29. The van der Waals surface area contributed by atoms with Gasteiger partial charge in [0.05, 0.1) is 16.4 Å². The zero-order valence-electron chi connectivity index (χ0n) is 10.9. The summed E-state index contributed by atoms with van der Waals surface area (Å²) in [5, 5.41) is 8.01. The zero-order valence-corrected chi connectivity index (χ0v) is 12.5. The molecule has 1 aromatic heterocycles. The summed E-state index contributed by atoms with van der Waals surface area (Å²) in [6, 6.07) is 1.12. The standard InChI is InChI=1S/C13H22BrN3/c1-9(2)17-13(12(14)8-16-17)6-11-5-4-10(3)15-7-11/h8-11,15H,4-7H2,1-3H3. The molecule has 2 heterocycles. The first kappa shape index (κ1) is 13.1. The van der Waals surface area contributed by atoms with Gasteiger partial charge in [-0.1, -0.05) is 0 Å². The zero-order chi connectivity index (χ0) is 12.4. The van der Waals surface area contributed by atoms with Gasteiger partial charge in [0.15, 0.2) is 0 Å². The molecule has 0 bridgehead atoms. The van der Waals surface area contributed by atoms with Crippen molar-refractivity contribution in [3.63, 3.8) is 0 Å². The Bertz CT molecular complexity index is 365. The highest BCUT2D eigenvalue weighted by Gasteiger charge is 2.21. The van der Waals surface area contributed by atoms with Gasteiger partial charge in [0, 0.05) is 12.1 Å². The minimum atomic E-state index is 0.437. The van der Waals surface area contributed by atoms with Crippen molar-refractivity contribution < 1.29 is 0 Å². The van der Waals surface area contributed by atoms with Gasteiger partial charge < -0.3 is 5.32 Å². The van der Waals surface area contributed by atoms with Gasteiger partial charge in [-0.15, -0.1) is 0 Å². The normalized spacial score (nSPS) is 25.5. The number of piperidine rings is 1. The Kier molecular flexibility index (Phi) is 4.26. The molecule has 0 aromatic carbocycles. The number of hydrogen-bond donors (Lipinski definition) is 1. The lowest BCUT2D eigenvalue weighted by Gasteiger charge is -2.28. The molecule has 0 amide bonds. The topological polar surface area (TPSA) is 29.9 Å². The van der Waals surface area contributed by atoms with Crippen molar-refractivity contribution in [3.05, 3.63) is 16.4 Å². The van der Waals surface area contributed by atoms with Crippen LogP contribution in [0, 0.1) is 5.92 Å². The number of nitrogens with zero attached hydrogens (tertiary/aromatic N) is 2. The van der Waals surface area contributed by atoms with Crippen molar-refractivity contribution in [2.45, 2.75) is 52.1 Å². The molecule has 4 heteroatoms. The molecule has 0 radical (unpaired) electrons. The van der Waals surface area contributed by atoms with E-state index in [1.165, 1.54) is 18.5 Å². The maximum atomic E-state index is 4.45. The van der Waals surface area contributed by atoms with E-state index >= 15 is 0 Å². The fraction of sp³-hybridized carbons (Fsp3) is 0.769. The molecule has 1 saturated heterocycles. The van der Waals surface area contributed by atoms with Gasteiger partial charge in [-0.05, 0) is 68.4 Å². The number of halogens is 1. The maximum absolute atomic E-state index is 4.45. The van der Waals surface area contributed by atoms with E-state index in [4.69, 9.17) is 0 Å². The van der Waals surface area contributed by atoms with E-state index in [0.29, 0.717) is 12.1 Å². The molecule has 1 aliphatic rings. The second kappa shape index (κ2) is 5.53. The molecule has 96 valence electrons. The first-order chi connectivity index (χ1) is 8.08. The number of nitrogens with one attached hydrogen (secondary N) is 1. The van der Waals surface area contributed by atoms with Crippen LogP contribution in [0.15, 0.2) is 10.7 Å². The van der Waals surface area contributed by atoms with Crippen molar-refractivity contribution in [1.29, 1.82) is 0 Å². The molecule has 0 saturated carbocycles. The van der Waals surface area contributed by atoms with Crippen LogP contribution in [0.4, 0.5) is 0 Å². The minimum absolute atomic E-state index is 0.437. The van der Waals surface area contributed by atoms with Gasteiger partial charge in [0.25, 0.3) is 0 Å². The van der Waals surface area contributed by atoms with Crippen LogP contribution < -0.4 is 5.32 Å². The molecule has 0 spiro atoms. The Labute approximate surface area is 112 Å². The lowest BCUT2D eigenvalue weighted by atomic mass is 9.91. The summed E-state index contributed by atoms with van der Waals surface area (Å²) in [6.07, 6.45) is 5.66. The second-order valence-electron chi connectivity index (χ2n) is 5.43. The number of aromatic nitrogens is 2. The molecule has 1 aromatic rings. The molecule has 2 atom stereocenters. The van der Waals surface area contributed by atoms with Crippen LogP contribution in [-0.4, -0.2) is 22.4 Å². The van der Waals surface area contributed by atoms with E-state index in [1.807, 2.05) is 6.20 Å². The summed E-state index contributed by atoms with van der Waals surface area (Å²) in [5.74, 6) is 0.747. The van der Waals surface area contributed by atoms with Crippen molar-refractivity contribution >= 4 is 15.9 Å². The van der Waals surface area contributed by atoms with Crippen LogP contribution in [0.1, 0.15) is 45.3 Å². The number of rotatable bonds is 3. The molecule has 1 N–H and O–H groups in total. The predicted octanol–water partition coefficient (Wildman–Crippen LogP) is 3.16. The molecule has 3 nitrogen and oxygen atoms in total. The van der Waals surface area contributed by atoms with Gasteiger partial charge in [-0.2, -0.15) is 5.10 Å². The largest absolute Gasteiger partial charge is 0.314 e. The van der Waals surface area contributed by atoms with Gasteiger partial charge in [-0.25, -0.2) is 0 Å². The van der Waals surface area contributed by atoms with Crippen LogP contribution in [0.5, 0.6) is 0 Å². The smallest absolute Gasteiger partial charge is 0.0635 e. The Balaban J connectivity index is 2.05. The first-order valence-corrected chi connectivity index (χ1v) is 7.32. The highest BCUT2D eigenvalue weighted by molar-refractivity contribution is 9.10. The van der Waals surface area contributed by atoms with Crippen LogP contribution in [0.2, 0.25) is 0 Å². The van der Waals surface area contributed by atoms with Crippen molar-refractivity contribution in [2.75, 3.05) is 6.54 Å². The molecular formula is C13H22BrN3. The van der Waals surface area contributed by atoms with Crippen LogP contribution in [0.3, 0.4) is 0 Å². The van der Waals surface area contributed by atoms with E-state index in [0.717, 1.165) is 23.4 Å². The lowest BCUT2D eigenvalue weighted by Crippen LogP contribution is -2.37. The Morgan fingerprint density at radius 3 is 2.88 bits per heavy atom. The van der Waals surface area contributed by atoms with Gasteiger partial charge in [-0.3, -0.25) is 4.68 Å². The first-order valence-electron chi connectivity index (χ1n) is 6.53. The predicted molar refractivity (Wildman–Crippen MR) is 74.2 cm³/mol. The highest BCUT2D eigenvalue weighted by Crippen LogP contribution is 2.25. The summed E-state index contributed by atoms with van der Waals surface area (Å²) in [7, 11) is 0. The molecule has 2 unspecified atom stereocenters. The fourth-order valence-corrected chi connectivity index (χ4v) is 2.94. The molecule has 1 aliphatic heterocycles. The summed E-state index contributed by atoms with van der Waals surface area (Å²) < 4.78 is 3.30. The Morgan fingerprint density at radius 1 is 1.53 bits per heavy atom. The monoisotopic (exact) mass is 299 g/mol. The average molecular weight is 300 g/mol. The van der Waals surface area contributed by atoms with E-state index in [9.17, 15) is 0 Å². The summed E-state index contributed by atoms with van der Waals surface area (Å²) in [5.41, 5.74) is 1.35. The lowest BCUT2D eigenvalue weighted by molar-refractivity contribution is 0.314. The molecule has 2 rings (SSSR count). The molecule has 1 fully saturated rings. The fourth-order valence-electron chi connectivity index (χ4n) is 2.51. The summed E-state index contributed by atoms with van der Waals surface area (Å²) >= 11 is 3.62. The maximum Gasteiger partial charge on any atom is 0.0635 e. The third kappa shape index (κ3) is 3.10. The van der Waals surface area contributed by atoms with Gasteiger partial charge >= 0.3 is 0 Å². The average Bonchev–Trinajstić information content (AvgIpc) is 2.64.